The summed E-state index contributed by atoms with van der Waals surface area (Å²) in [6.45, 7) is 4.24. The van der Waals surface area contributed by atoms with E-state index in [9.17, 15) is 14.4 Å². The van der Waals surface area contributed by atoms with E-state index in [4.69, 9.17) is 9.47 Å². The molecule has 4 unspecified atom stereocenters. The second-order valence-corrected chi connectivity index (χ2v) is 15.0. The number of nitrogens with zero attached hydrogens (tertiary/aromatic N) is 4. The Morgan fingerprint density at radius 3 is 2.53 bits per heavy atom. The van der Waals surface area contributed by atoms with E-state index in [1.165, 1.54) is 18.7 Å². The number of carbonyl (C=O) groups is 3. The third-order valence-electron chi connectivity index (χ3n) is 11.8. The maximum atomic E-state index is 15.2. The molecule has 5 aliphatic rings. The average molecular weight is 706 g/mol. The van der Waals surface area contributed by atoms with Crippen LogP contribution in [-0.4, -0.2) is 102 Å². The zero-order chi connectivity index (χ0) is 35.5. The number of pyridine rings is 1. The van der Waals surface area contributed by atoms with Crippen molar-refractivity contribution in [3.8, 4) is 5.75 Å². The van der Waals surface area contributed by atoms with Crippen LogP contribution in [0.4, 0.5) is 9.18 Å². The van der Waals surface area contributed by atoms with E-state index in [2.05, 4.69) is 27.2 Å². The van der Waals surface area contributed by atoms with Crippen molar-refractivity contribution in [2.24, 2.45) is 11.8 Å². The first-order valence-corrected chi connectivity index (χ1v) is 18.8. The van der Waals surface area contributed by atoms with Crippen molar-refractivity contribution in [2.45, 2.75) is 102 Å². The molecule has 3 N–H and O–H groups in total. The number of aromatic nitrogens is 1. The van der Waals surface area contributed by atoms with E-state index in [1.807, 2.05) is 29.0 Å². The number of ether oxygens (including phenoxy) is 2. The molecule has 3 amide bonds. The van der Waals surface area contributed by atoms with Crippen molar-refractivity contribution in [2.75, 3.05) is 39.8 Å². The smallest absolute Gasteiger partial charge is 0.410 e. The summed E-state index contributed by atoms with van der Waals surface area (Å²) in [5.41, 5.74) is 9.47. The van der Waals surface area contributed by atoms with Crippen LogP contribution in [0.25, 0.3) is 0 Å². The predicted molar refractivity (Wildman–Crippen MR) is 188 cm³/mol. The van der Waals surface area contributed by atoms with Gasteiger partial charge in [-0.1, -0.05) is 6.07 Å². The largest absolute Gasteiger partial charge is 0.496 e. The number of likely N-dealkylation sites (tertiary alicyclic amines) is 1. The summed E-state index contributed by atoms with van der Waals surface area (Å²) in [5.74, 6) is 0.209. The molecule has 1 aromatic carbocycles. The number of benzene rings is 1. The molecule has 1 aromatic heterocycles. The number of piperidine rings is 1. The SMILES string of the molecule is COc1cccc(F)c1CN1C[C@H](NC(=O)C2CCC3NNC(c4ccnc(C)c4)C3C2)CC[C@H]1C(=O)N1CCN(C(=O)OC2CCCC2)CC1. The molecule has 51 heavy (non-hydrogen) atoms. The third kappa shape index (κ3) is 8.00. The molecule has 2 saturated carbocycles. The standard InChI is InChI=1S/C38H52FN7O5/c1-24-20-25(14-15-40-24)35-29-21-26(10-12-32(29)42-43-35)36(47)41-27-11-13-33(46(22-27)23-30-31(39)8-5-9-34(30)50-2)37(48)44-16-18-45(19-17-44)38(49)51-28-6-3-4-7-28/h5,8-9,14-15,20,26-29,32-33,35,42-43H,3-4,6-7,10-13,16-19,21-23H2,1-2H3,(H,41,47)/t26?,27-,29?,32?,33+,35?/m1/s1. The van der Waals surface area contributed by atoms with Crippen LogP contribution in [0.2, 0.25) is 0 Å². The minimum Gasteiger partial charge on any atom is -0.496 e. The molecule has 2 aliphatic carbocycles. The van der Waals surface area contributed by atoms with Crippen molar-refractivity contribution in [1.29, 1.82) is 0 Å². The summed E-state index contributed by atoms with van der Waals surface area (Å²) in [4.78, 5) is 50.6. The number of methoxy groups -OCH3 is 1. The molecule has 0 spiro atoms. The normalized spacial score (nSPS) is 28.7. The summed E-state index contributed by atoms with van der Waals surface area (Å²) in [6.07, 6.45) is 9.19. The Bertz CT molecular complexity index is 1560. The molecular formula is C38H52FN7O5. The van der Waals surface area contributed by atoms with Gasteiger partial charge in [-0.25, -0.2) is 14.6 Å². The second kappa shape index (κ2) is 15.8. The number of nitrogens with one attached hydrogen (secondary N) is 3. The zero-order valence-corrected chi connectivity index (χ0v) is 29.8. The molecule has 3 saturated heterocycles. The number of piperazine rings is 1. The van der Waals surface area contributed by atoms with Crippen LogP contribution in [0.3, 0.4) is 0 Å². The van der Waals surface area contributed by atoms with Crippen LogP contribution in [0, 0.1) is 24.6 Å². The molecule has 3 aliphatic heterocycles. The van der Waals surface area contributed by atoms with Crippen LogP contribution in [0.15, 0.2) is 36.5 Å². The van der Waals surface area contributed by atoms with Crippen LogP contribution in [0.5, 0.6) is 5.75 Å². The van der Waals surface area contributed by atoms with Crippen molar-refractivity contribution in [3.05, 3.63) is 59.2 Å². The van der Waals surface area contributed by atoms with Crippen LogP contribution >= 0.6 is 0 Å². The Morgan fingerprint density at radius 1 is 0.980 bits per heavy atom. The van der Waals surface area contributed by atoms with Gasteiger partial charge in [0.05, 0.1) is 19.2 Å². The van der Waals surface area contributed by atoms with Gasteiger partial charge in [-0.2, -0.15) is 0 Å². The quantitative estimate of drug-likeness (QED) is 0.376. The van der Waals surface area contributed by atoms with E-state index in [0.717, 1.165) is 50.6 Å². The Labute approximate surface area is 299 Å². The number of hydrogen-bond acceptors (Lipinski definition) is 9. The van der Waals surface area contributed by atoms with E-state index in [-0.39, 0.29) is 54.5 Å². The van der Waals surface area contributed by atoms with Gasteiger partial charge in [0, 0.05) is 74.7 Å². The Kier molecular flexibility index (Phi) is 11.0. The number of amides is 3. The van der Waals surface area contributed by atoms with Gasteiger partial charge in [0.2, 0.25) is 11.8 Å². The predicted octanol–water partition coefficient (Wildman–Crippen LogP) is 3.84. The lowest BCUT2D eigenvalue weighted by Gasteiger charge is -2.43. The van der Waals surface area contributed by atoms with E-state index < -0.39 is 11.9 Å². The van der Waals surface area contributed by atoms with Crippen molar-refractivity contribution < 1.29 is 28.2 Å². The Hall–Kier alpha value is -3.81. The molecule has 7 rings (SSSR count). The highest BCUT2D eigenvalue weighted by molar-refractivity contribution is 5.83. The van der Waals surface area contributed by atoms with Crippen molar-refractivity contribution >= 4 is 17.9 Å². The summed E-state index contributed by atoms with van der Waals surface area (Å²) in [5, 5.41) is 3.34. The number of halogens is 1. The maximum Gasteiger partial charge on any atom is 0.410 e. The lowest BCUT2D eigenvalue weighted by atomic mass is 9.74. The third-order valence-corrected chi connectivity index (χ3v) is 11.8. The van der Waals surface area contributed by atoms with E-state index in [0.29, 0.717) is 62.9 Å². The second-order valence-electron chi connectivity index (χ2n) is 15.0. The molecule has 13 heteroatoms. The highest BCUT2D eigenvalue weighted by atomic mass is 19.1. The van der Waals surface area contributed by atoms with Crippen LogP contribution in [-0.2, 0) is 20.9 Å². The first-order chi connectivity index (χ1) is 24.8. The lowest BCUT2D eigenvalue weighted by molar-refractivity contribution is -0.140. The number of rotatable bonds is 8. The number of fused-ring (bicyclic) bond motifs is 1. The summed E-state index contributed by atoms with van der Waals surface area (Å²) in [6, 6.07) is 8.64. The van der Waals surface area contributed by atoms with Crippen molar-refractivity contribution in [3.63, 3.8) is 0 Å². The molecule has 0 bridgehead atoms. The fourth-order valence-corrected chi connectivity index (χ4v) is 8.95. The van der Waals surface area contributed by atoms with Gasteiger partial charge in [0.15, 0.2) is 0 Å². The van der Waals surface area contributed by atoms with Gasteiger partial charge in [-0.05, 0) is 100 Å². The summed E-state index contributed by atoms with van der Waals surface area (Å²) >= 11 is 0. The molecule has 6 atom stereocenters. The minimum atomic E-state index is -0.491. The molecule has 2 aromatic rings. The summed E-state index contributed by atoms with van der Waals surface area (Å²) < 4.78 is 26.5. The number of aryl methyl sites for hydroxylation is 1. The minimum absolute atomic E-state index is 0.00294. The topological polar surface area (TPSA) is 128 Å². The van der Waals surface area contributed by atoms with Gasteiger partial charge >= 0.3 is 6.09 Å². The highest BCUT2D eigenvalue weighted by Crippen LogP contribution is 2.41. The van der Waals surface area contributed by atoms with E-state index in [1.54, 1.807) is 17.0 Å². The monoisotopic (exact) mass is 705 g/mol. The molecular weight excluding hydrogens is 653 g/mol. The van der Waals surface area contributed by atoms with E-state index >= 15 is 4.39 Å². The average Bonchev–Trinajstić information content (AvgIpc) is 3.82. The van der Waals surface area contributed by atoms with Gasteiger partial charge in [0.25, 0.3) is 0 Å². The molecule has 4 heterocycles. The lowest BCUT2D eigenvalue weighted by Crippen LogP contribution is -2.60. The fraction of sp³-hybridized carbons (Fsp3) is 0.632. The number of hydrogen-bond donors (Lipinski definition) is 3. The first kappa shape index (κ1) is 35.6. The van der Waals surface area contributed by atoms with Gasteiger partial charge in [-0.3, -0.25) is 24.9 Å². The fourth-order valence-electron chi connectivity index (χ4n) is 8.95. The molecule has 12 nitrogen and oxygen atoms in total. The van der Waals surface area contributed by atoms with Gasteiger partial charge in [0.1, 0.15) is 17.7 Å². The van der Waals surface area contributed by atoms with Crippen molar-refractivity contribution in [1.82, 2.24) is 35.9 Å². The Balaban J connectivity index is 1.00. The van der Waals surface area contributed by atoms with Crippen LogP contribution < -0.4 is 20.9 Å². The molecule has 276 valence electrons. The number of carbonyl (C=O) groups excluding carboxylic acids is 3. The first-order valence-electron chi connectivity index (χ1n) is 18.8. The van der Waals surface area contributed by atoms with Crippen LogP contribution in [0.1, 0.15) is 80.7 Å². The van der Waals surface area contributed by atoms with Gasteiger partial charge < -0.3 is 24.6 Å². The maximum absolute atomic E-state index is 15.2. The molecule has 5 fully saturated rings. The number of hydrazine groups is 1. The zero-order valence-electron chi connectivity index (χ0n) is 29.8. The Morgan fingerprint density at radius 2 is 1.76 bits per heavy atom. The van der Waals surface area contributed by atoms with Gasteiger partial charge in [-0.15, -0.1) is 0 Å². The molecule has 0 radical (unpaired) electrons. The highest BCUT2D eigenvalue weighted by Gasteiger charge is 2.44. The summed E-state index contributed by atoms with van der Waals surface area (Å²) in [7, 11) is 1.52.